The summed E-state index contributed by atoms with van der Waals surface area (Å²) in [6.45, 7) is -1.79. The van der Waals surface area contributed by atoms with Crippen molar-refractivity contribution in [2.24, 2.45) is 0 Å². The van der Waals surface area contributed by atoms with Gasteiger partial charge in [-0.3, -0.25) is 0 Å². The van der Waals surface area contributed by atoms with E-state index in [1.54, 1.807) is 0 Å². The summed E-state index contributed by atoms with van der Waals surface area (Å²) in [5.74, 6) is -2.09. The number of ether oxygens (including phenoxy) is 2. The van der Waals surface area contributed by atoms with E-state index in [1.807, 2.05) is 0 Å². The van der Waals surface area contributed by atoms with E-state index in [9.17, 15) is 40.5 Å². The maximum absolute atomic E-state index is 10.6. The van der Waals surface area contributed by atoms with Gasteiger partial charge in [-0.15, -0.1) is 0 Å². The molecule has 1 aliphatic heterocycles. The molecule has 0 aliphatic carbocycles. The van der Waals surface area contributed by atoms with Crippen LogP contribution in [-0.4, -0.2) is 121 Å². The summed E-state index contributed by atoms with van der Waals surface area (Å²) in [6, 6.07) is 0. The Morgan fingerprint density at radius 2 is 1.62 bits per heavy atom. The molecule has 1 heterocycles. The van der Waals surface area contributed by atoms with Crippen LogP contribution in [-0.2, 0) is 14.3 Å². The van der Waals surface area contributed by atoms with E-state index in [4.69, 9.17) is 19.7 Å². The molecule has 9 atom stereocenters. The van der Waals surface area contributed by atoms with Crippen LogP contribution >= 0.6 is 0 Å². The van der Waals surface area contributed by atoms with Gasteiger partial charge in [0.05, 0.1) is 19.2 Å². The van der Waals surface area contributed by atoms with Crippen molar-refractivity contribution in [2.45, 2.75) is 55.1 Å². The Morgan fingerprint density at radius 3 is 2.04 bits per heavy atom. The Bertz CT molecular complexity index is 411. The van der Waals surface area contributed by atoms with Gasteiger partial charge in [0.25, 0.3) is 0 Å². The Kier molecular flexibility index (Phi) is 13.6. The monoisotopic (exact) mass is 398 g/mol. The second-order valence-electron chi connectivity index (χ2n) is 5.30. The number of carboxylic acid groups (broad SMARTS) is 1. The van der Waals surface area contributed by atoms with Crippen LogP contribution in [0.15, 0.2) is 0 Å². The number of carboxylic acids is 1. The smallest absolute Gasteiger partial charge is 0.547 e. The summed E-state index contributed by atoms with van der Waals surface area (Å²) in [5, 5.41) is 86.3. The number of carbonyl (C=O) groups excluding carboxylic acids is 1. The Balaban J connectivity index is 0. The fourth-order valence-corrected chi connectivity index (χ4v) is 2.16. The molecule has 0 aromatic heterocycles. The Hall–Kier alpha value is 0.0300. The molecule has 0 amide bonds. The molecule has 0 aromatic rings. The minimum atomic E-state index is -2.50. The first kappa shape index (κ1) is 28.2. The van der Waals surface area contributed by atoms with Gasteiger partial charge in [-0.05, 0) is 0 Å². The number of hydrogen-bond donors (Lipinski definition) is 8. The second kappa shape index (κ2) is 12.5. The largest absolute Gasteiger partial charge is 1.00 e. The van der Waals surface area contributed by atoms with Gasteiger partial charge in [0, 0.05) is 0 Å². The molecule has 10 N–H and O–H groups in total. The summed E-state index contributed by atoms with van der Waals surface area (Å²) in [4.78, 5) is 10.6. The van der Waals surface area contributed by atoms with Gasteiger partial charge in [0.15, 0.2) is 6.29 Å². The fourth-order valence-electron chi connectivity index (χ4n) is 2.16. The molecule has 9 unspecified atom stereocenters. The van der Waals surface area contributed by atoms with Gasteiger partial charge in [-0.2, -0.15) is 0 Å². The summed E-state index contributed by atoms with van der Waals surface area (Å²) in [5.41, 5.74) is 0. The Morgan fingerprint density at radius 1 is 1.08 bits per heavy atom. The van der Waals surface area contributed by atoms with Crippen LogP contribution in [0.4, 0.5) is 0 Å². The molecule has 1 rings (SSSR count). The molecular weight excluding hydrogens is 375 g/mol. The molecule has 1 aliphatic rings. The number of aliphatic carboxylic acids is 1. The third-order valence-corrected chi connectivity index (χ3v) is 3.61. The van der Waals surface area contributed by atoms with Crippen LogP contribution in [0.5, 0.6) is 0 Å². The first-order valence-electron chi connectivity index (χ1n) is 6.97. The average Bonchev–Trinajstić information content (AvgIpc) is 2.57. The van der Waals surface area contributed by atoms with E-state index in [0.29, 0.717) is 0 Å². The van der Waals surface area contributed by atoms with Crippen molar-refractivity contribution >= 4 is 5.97 Å². The number of aliphatic hydroxyl groups is 8. The molecule has 14 heteroatoms. The van der Waals surface area contributed by atoms with Crippen molar-refractivity contribution < 1.29 is 95.3 Å². The Labute approximate surface area is 169 Å². The number of rotatable bonds is 8. The predicted octanol–water partition coefficient (Wildman–Crippen LogP) is -10.8. The molecular formula is C12H23NaO13. The van der Waals surface area contributed by atoms with Crippen LogP contribution in [0.2, 0.25) is 0 Å². The zero-order valence-electron chi connectivity index (χ0n) is 13.8. The van der Waals surface area contributed by atoms with E-state index in [-0.39, 0.29) is 35.0 Å². The van der Waals surface area contributed by atoms with Gasteiger partial charge < -0.3 is 65.7 Å². The van der Waals surface area contributed by atoms with E-state index in [2.05, 4.69) is 0 Å². The molecule has 0 radical (unpaired) electrons. The molecule has 26 heavy (non-hydrogen) atoms. The fraction of sp³-hybridized carbons (Fsp3) is 0.917. The number of aliphatic hydroxyl groups excluding tert-OH is 8. The van der Waals surface area contributed by atoms with Crippen molar-refractivity contribution in [3.05, 3.63) is 0 Å². The van der Waals surface area contributed by atoms with Crippen molar-refractivity contribution in [2.75, 3.05) is 13.2 Å². The van der Waals surface area contributed by atoms with Crippen LogP contribution in [0.1, 0.15) is 0 Å². The summed E-state index contributed by atoms with van der Waals surface area (Å²) in [6.07, 6.45) is -17.3. The minimum absolute atomic E-state index is 0. The molecule has 1 saturated heterocycles. The predicted molar refractivity (Wildman–Crippen MR) is 72.4 cm³/mol. The quantitative estimate of drug-likeness (QED) is 0.177. The molecule has 150 valence electrons. The van der Waals surface area contributed by atoms with Gasteiger partial charge in [-0.1, -0.05) is 0 Å². The molecule has 1 fully saturated rings. The normalized spacial score (nSPS) is 33.2. The zero-order chi connectivity index (χ0) is 18.6. The van der Waals surface area contributed by atoms with E-state index in [0.717, 1.165) is 0 Å². The number of carbonyl (C=O) groups is 1. The third-order valence-electron chi connectivity index (χ3n) is 3.61. The van der Waals surface area contributed by atoms with Gasteiger partial charge in [0.1, 0.15) is 48.8 Å². The van der Waals surface area contributed by atoms with Crippen molar-refractivity contribution in [3.63, 3.8) is 0 Å². The first-order chi connectivity index (χ1) is 11.1. The van der Waals surface area contributed by atoms with Crippen LogP contribution in [0.25, 0.3) is 0 Å². The maximum atomic E-state index is 10.6. The third kappa shape index (κ3) is 6.57. The molecule has 0 bridgehead atoms. The van der Waals surface area contributed by atoms with E-state index < -0.39 is 74.3 Å². The van der Waals surface area contributed by atoms with Crippen molar-refractivity contribution in [1.29, 1.82) is 0 Å². The van der Waals surface area contributed by atoms with Crippen LogP contribution in [0, 0.1) is 0 Å². The zero-order valence-corrected chi connectivity index (χ0v) is 15.8. The maximum Gasteiger partial charge on any atom is 1.00 e. The van der Waals surface area contributed by atoms with Gasteiger partial charge in [0.2, 0.25) is 0 Å². The van der Waals surface area contributed by atoms with Gasteiger partial charge >= 0.3 is 29.6 Å². The molecule has 0 saturated carbocycles. The first-order valence-corrected chi connectivity index (χ1v) is 6.97. The minimum Gasteiger partial charge on any atom is -0.547 e. The standard InChI is InChI=1S/C12H22O12.Na.H2O/c13-1-3(15)10(7(18)8(19)11(21)22)24-12-9(20)6(17)5(16)4(2-14)23-12;;/h3-10,12-20H,1-2H2,(H,21,22);;1H2/q;+1;/p-1. The van der Waals surface area contributed by atoms with E-state index >= 15 is 0 Å². The van der Waals surface area contributed by atoms with Gasteiger partial charge in [-0.25, -0.2) is 0 Å². The summed E-state index contributed by atoms with van der Waals surface area (Å²) < 4.78 is 9.94. The summed E-state index contributed by atoms with van der Waals surface area (Å²) >= 11 is 0. The second-order valence-corrected chi connectivity index (χ2v) is 5.30. The SMILES string of the molecule is O.O=C([O-])C(O)C(O)C(OC1OC(CO)C(O)C(O)C1O)C(O)CO.[Na+]. The molecule has 13 nitrogen and oxygen atoms in total. The van der Waals surface area contributed by atoms with Crippen molar-refractivity contribution in [3.8, 4) is 0 Å². The molecule has 0 spiro atoms. The van der Waals surface area contributed by atoms with Crippen molar-refractivity contribution in [1.82, 2.24) is 0 Å². The molecule has 0 aromatic carbocycles. The summed E-state index contributed by atoms with van der Waals surface area (Å²) in [7, 11) is 0. The van der Waals surface area contributed by atoms with E-state index in [1.165, 1.54) is 0 Å². The van der Waals surface area contributed by atoms with Crippen LogP contribution < -0.4 is 34.7 Å². The average molecular weight is 398 g/mol. The van der Waals surface area contributed by atoms with Crippen LogP contribution in [0.3, 0.4) is 0 Å². The number of hydrogen-bond acceptors (Lipinski definition) is 12. The topological polar surface area (TPSA) is 252 Å².